The van der Waals surface area contributed by atoms with E-state index in [4.69, 9.17) is 11.6 Å². The molecule has 2 aromatic heterocycles. The summed E-state index contributed by atoms with van der Waals surface area (Å²) in [7, 11) is 0. The van der Waals surface area contributed by atoms with E-state index in [9.17, 15) is 4.79 Å². The van der Waals surface area contributed by atoms with Crippen molar-refractivity contribution in [3.63, 3.8) is 0 Å². The van der Waals surface area contributed by atoms with Crippen molar-refractivity contribution >= 4 is 46.3 Å². The monoisotopic (exact) mass is 392 g/mol. The van der Waals surface area contributed by atoms with Crippen molar-refractivity contribution in [2.45, 2.75) is 25.0 Å². The molecule has 0 saturated heterocycles. The number of carbonyl (C=O) groups is 1. The van der Waals surface area contributed by atoms with Gasteiger partial charge in [-0.1, -0.05) is 41.6 Å². The van der Waals surface area contributed by atoms with Gasteiger partial charge in [-0.2, -0.15) is 0 Å². The molecule has 130 valence electrons. The zero-order chi connectivity index (χ0) is 17.6. The Hall–Kier alpha value is -1.83. The van der Waals surface area contributed by atoms with Gasteiger partial charge in [0.1, 0.15) is 5.82 Å². The van der Waals surface area contributed by atoms with Gasteiger partial charge in [-0.15, -0.1) is 21.5 Å². The van der Waals surface area contributed by atoms with Crippen molar-refractivity contribution in [1.82, 2.24) is 14.8 Å². The zero-order valence-electron chi connectivity index (χ0n) is 13.6. The normalized spacial score (nSPS) is 10.8. The van der Waals surface area contributed by atoms with Gasteiger partial charge in [0.05, 0.1) is 16.5 Å². The standard InChI is InChI=1S/C17H17ClN4OS2/c1-2-22-15(10-12-6-5-9-24-12)20-21-17(22)25-11-16(23)19-14-8-4-3-7-13(14)18/h3-9H,2,10-11H2,1H3,(H,19,23). The van der Waals surface area contributed by atoms with Crippen LogP contribution in [0.3, 0.4) is 0 Å². The third-order valence-electron chi connectivity index (χ3n) is 3.50. The second kappa shape index (κ2) is 8.51. The Morgan fingerprint density at radius 3 is 2.84 bits per heavy atom. The molecule has 0 fully saturated rings. The van der Waals surface area contributed by atoms with Crippen molar-refractivity contribution in [2.75, 3.05) is 11.1 Å². The highest BCUT2D eigenvalue weighted by Crippen LogP contribution is 2.23. The summed E-state index contributed by atoms with van der Waals surface area (Å²) in [6.07, 6.45) is 0.755. The minimum Gasteiger partial charge on any atom is -0.324 e. The topological polar surface area (TPSA) is 59.8 Å². The van der Waals surface area contributed by atoms with Gasteiger partial charge in [0.15, 0.2) is 5.16 Å². The minimum atomic E-state index is -0.122. The van der Waals surface area contributed by atoms with Crippen LogP contribution in [0.1, 0.15) is 17.6 Å². The molecule has 0 saturated carbocycles. The third-order valence-corrected chi connectivity index (χ3v) is 5.68. The van der Waals surface area contributed by atoms with Crippen LogP contribution < -0.4 is 5.32 Å². The molecule has 2 heterocycles. The van der Waals surface area contributed by atoms with E-state index in [-0.39, 0.29) is 11.7 Å². The largest absolute Gasteiger partial charge is 0.324 e. The van der Waals surface area contributed by atoms with Crippen LogP contribution in [0, 0.1) is 0 Å². The van der Waals surface area contributed by atoms with Gasteiger partial charge < -0.3 is 9.88 Å². The molecular weight excluding hydrogens is 376 g/mol. The van der Waals surface area contributed by atoms with Gasteiger partial charge in [-0.3, -0.25) is 4.79 Å². The Morgan fingerprint density at radius 2 is 2.12 bits per heavy atom. The van der Waals surface area contributed by atoms with Crippen molar-refractivity contribution < 1.29 is 4.79 Å². The average molecular weight is 393 g/mol. The van der Waals surface area contributed by atoms with Crippen LogP contribution in [0.2, 0.25) is 5.02 Å². The fourth-order valence-corrected chi connectivity index (χ4v) is 4.03. The predicted octanol–water partition coefficient (Wildman–Crippen LogP) is 4.33. The van der Waals surface area contributed by atoms with E-state index in [0.717, 1.165) is 23.9 Å². The van der Waals surface area contributed by atoms with E-state index in [1.807, 2.05) is 22.8 Å². The Morgan fingerprint density at radius 1 is 1.28 bits per heavy atom. The highest BCUT2D eigenvalue weighted by Gasteiger charge is 2.14. The van der Waals surface area contributed by atoms with Gasteiger partial charge in [-0.25, -0.2) is 0 Å². The number of rotatable bonds is 7. The molecule has 1 N–H and O–H groups in total. The lowest BCUT2D eigenvalue weighted by atomic mass is 10.3. The smallest absolute Gasteiger partial charge is 0.234 e. The first-order chi connectivity index (χ1) is 12.2. The van der Waals surface area contributed by atoms with Gasteiger partial charge >= 0.3 is 0 Å². The van der Waals surface area contributed by atoms with E-state index in [1.165, 1.54) is 16.6 Å². The number of halogens is 1. The SMILES string of the molecule is CCn1c(Cc2cccs2)nnc1SCC(=O)Nc1ccccc1Cl. The number of nitrogens with zero attached hydrogens (tertiary/aromatic N) is 3. The maximum atomic E-state index is 12.2. The number of thioether (sulfide) groups is 1. The lowest BCUT2D eigenvalue weighted by Crippen LogP contribution is -2.15. The highest BCUT2D eigenvalue weighted by molar-refractivity contribution is 7.99. The molecule has 5 nitrogen and oxygen atoms in total. The van der Waals surface area contributed by atoms with Crippen molar-refractivity contribution in [3.8, 4) is 0 Å². The molecule has 0 radical (unpaired) electrons. The van der Waals surface area contributed by atoms with Gasteiger partial charge in [-0.05, 0) is 30.5 Å². The lowest BCUT2D eigenvalue weighted by Gasteiger charge is -2.08. The fourth-order valence-electron chi connectivity index (χ4n) is 2.32. The van der Waals surface area contributed by atoms with Crippen molar-refractivity contribution in [3.05, 3.63) is 57.5 Å². The van der Waals surface area contributed by atoms with Crippen molar-refractivity contribution in [2.24, 2.45) is 0 Å². The van der Waals surface area contributed by atoms with Crippen LogP contribution >= 0.6 is 34.7 Å². The third kappa shape index (κ3) is 4.62. The molecular formula is C17H17ClN4OS2. The first-order valence-electron chi connectivity index (χ1n) is 7.79. The van der Waals surface area contributed by atoms with Crippen LogP contribution in [0.5, 0.6) is 0 Å². The molecule has 0 spiro atoms. The van der Waals surface area contributed by atoms with Crippen LogP contribution in [0.4, 0.5) is 5.69 Å². The quantitative estimate of drug-likeness (QED) is 0.608. The zero-order valence-corrected chi connectivity index (χ0v) is 16.0. The highest BCUT2D eigenvalue weighted by atomic mass is 35.5. The van der Waals surface area contributed by atoms with Gasteiger partial charge in [0.25, 0.3) is 0 Å². The summed E-state index contributed by atoms with van der Waals surface area (Å²) < 4.78 is 2.05. The Balaban J connectivity index is 1.62. The summed E-state index contributed by atoms with van der Waals surface area (Å²) in [6, 6.07) is 11.3. The molecule has 0 bridgehead atoms. The second-order valence-electron chi connectivity index (χ2n) is 5.22. The molecule has 0 unspecified atom stereocenters. The predicted molar refractivity (Wildman–Crippen MR) is 104 cm³/mol. The molecule has 0 aliphatic carbocycles. The Labute approximate surface area is 159 Å². The number of nitrogens with one attached hydrogen (secondary N) is 1. The molecule has 25 heavy (non-hydrogen) atoms. The molecule has 3 aromatic rings. The number of carbonyl (C=O) groups excluding carboxylic acids is 1. The lowest BCUT2D eigenvalue weighted by molar-refractivity contribution is -0.113. The summed E-state index contributed by atoms with van der Waals surface area (Å²) in [4.78, 5) is 13.4. The summed E-state index contributed by atoms with van der Waals surface area (Å²) in [5.74, 6) is 1.05. The molecule has 1 amide bonds. The first kappa shape index (κ1) is 18.0. The first-order valence-corrected chi connectivity index (χ1v) is 10.0. The van der Waals surface area contributed by atoms with Crippen LogP contribution in [-0.4, -0.2) is 26.4 Å². The number of hydrogen-bond acceptors (Lipinski definition) is 5. The molecule has 0 atom stereocenters. The Bertz CT molecular complexity index is 848. The average Bonchev–Trinajstić information content (AvgIpc) is 3.25. The van der Waals surface area contributed by atoms with Gasteiger partial charge in [0, 0.05) is 17.8 Å². The maximum Gasteiger partial charge on any atom is 0.234 e. The number of hydrogen-bond donors (Lipinski definition) is 1. The van der Waals surface area contributed by atoms with Crippen molar-refractivity contribution in [1.29, 1.82) is 0 Å². The minimum absolute atomic E-state index is 0.122. The Kier molecular flexibility index (Phi) is 6.12. The number of para-hydroxylation sites is 1. The summed E-state index contributed by atoms with van der Waals surface area (Å²) in [5.41, 5.74) is 0.616. The van der Waals surface area contributed by atoms with Gasteiger partial charge in [0.2, 0.25) is 5.91 Å². The summed E-state index contributed by atoms with van der Waals surface area (Å²) >= 11 is 9.14. The van der Waals surface area contributed by atoms with Crippen LogP contribution in [0.15, 0.2) is 46.9 Å². The summed E-state index contributed by atoms with van der Waals surface area (Å²) in [5, 5.41) is 14.7. The van der Waals surface area contributed by atoms with E-state index >= 15 is 0 Å². The molecule has 0 aliphatic rings. The number of anilines is 1. The maximum absolute atomic E-state index is 12.2. The van der Waals surface area contributed by atoms with E-state index in [2.05, 4.69) is 33.9 Å². The number of amides is 1. The number of aromatic nitrogens is 3. The summed E-state index contributed by atoms with van der Waals surface area (Å²) in [6.45, 7) is 2.82. The molecule has 0 aliphatic heterocycles. The van der Waals surface area contributed by atoms with Crippen LogP contribution in [0.25, 0.3) is 0 Å². The molecule has 8 heteroatoms. The molecule has 3 rings (SSSR count). The molecule has 1 aromatic carbocycles. The van der Waals surface area contributed by atoms with Crippen LogP contribution in [-0.2, 0) is 17.8 Å². The second-order valence-corrected chi connectivity index (χ2v) is 7.60. The van der Waals surface area contributed by atoms with E-state index in [1.54, 1.807) is 23.5 Å². The van der Waals surface area contributed by atoms with E-state index in [0.29, 0.717) is 10.7 Å². The number of benzene rings is 1. The van der Waals surface area contributed by atoms with E-state index < -0.39 is 0 Å². The fraction of sp³-hybridized carbons (Fsp3) is 0.235. The number of thiophene rings is 1.